The summed E-state index contributed by atoms with van der Waals surface area (Å²) in [5.74, 6) is 0. The first-order chi connectivity index (χ1) is 9.08. The van der Waals surface area contributed by atoms with E-state index in [-0.39, 0.29) is 6.04 Å². The Kier molecular flexibility index (Phi) is 4.46. The van der Waals surface area contributed by atoms with Crippen LogP contribution in [0.1, 0.15) is 24.1 Å². The van der Waals surface area contributed by atoms with Gasteiger partial charge in [-0.05, 0) is 36.2 Å². The second kappa shape index (κ2) is 6.09. The molecule has 0 spiro atoms. The maximum Gasteiger partial charge on any atom is 0.0426 e. The van der Waals surface area contributed by atoms with Crippen molar-refractivity contribution in [2.24, 2.45) is 5.73 Å². The van der Waals surface area contributed by atoms with Crippen LogP contribution in [0.5, 0.6) is 0 Å². The molecule has 2 aromatic carbocycles. The van der Waals surface area contributed by atoms with E-state index in [4.69, 9.17) is 17.3 Å². The fourth-order valence-corrected chi connectivity index (χ4v) is 2.43. The van der Waals surface area contributed by atoms with Crippen molar-refractivity contribution in [2.75, 3.05) is 11.9 Å². The highest BCUT2D eigenvalue weighted by molar-refractivity contribution is 6.30. The average molecular weight is 275 g/mol. The third-order valence-corrected chi connectivity index (χ3v) is 3.38. The first-order valence-corrected chi connectivity index (χ1v) is 6.76. The lowest BCUT2D eigenvalue weighted by atomic mass is 10.1. The molecule has 2 rings (SSSR count). The van der Waals surface area contributed by atoms with Crippen LogP contribution in [0.4, 0.5) is 5.69 Å². The van der Waals surface area contributed by atoms with E-state index >= 15 is 0 Å². The highest BCUT2D eigenvalue weighted by Crippen LogP contribution is 2.25. The van der Waals surface area contributed by atoms with E-state index in [0.717, 1.165) is 22.8 Å². The summed E-state index contributed by atoms with van der Waals surface area (Å²) >= 11 is 6.02. The van der Waals surface area contributed by atoms with Crippen molar-refractivity contribution in [3.63, 3.8) is 0 Å². The Morgan fingerprint density at radius 1 is 1.16 bits per heavy atom. The van der Waals surface area contributed by atoms with E-state index in [1.165, 1.54) is 5.56 Å². The van der Waals surface area contributed by atoms with Crippen molar-refractivity contribution in [1.29, 1.82) is 0 Å². The SMILES string of the molecule is CC(N)c1ccccc1N(C)Cc1cccc(Cl)c1. The van der Waals surface area contributed by atoms with Crippen LogP contribution in [0.15, 0.2) is 48.5 Å². The smallest absolute Gasteiger partial charge is 0.0426 e. The predicted octanol–water partition coefficient (Wildman–Crippen LogP) is 4.00. The molecule has 0 aliphatic carbocycles. The molecule has 0 saturated carbocycles. The molecule has 2 nitrogen and oxygen atoms in total. The van der Waals surface area contributed by atoms with E-state index in [2.05, 4.69) is 30.1 Å². The first-order valence-electron chi connectivity index (χ1n) is 6.38. The standard InChI is InChI=1S/C16H19ClN2/c1-12(18)15-8-3-4-9-16(15)19(2)11-13-6-5-7-14(17)10-13/h3-10,12H,11,18H2,1-2H3. The predicted molar refractivity (Wildman–Crippen MR) is 82.6 cm³/mol. The van der Waals surface area contributed by atoms with E-state index < -0.39 is 0 Å². The molecule has 100 valence electrons. The third-order valence-electron chi connectivity index (χ3n) is 3.15. The second-order valence-electron chi connectivity index (χ2n) is 4.83. The molecule has 19 heavy (non-hydrogen) atoms. The Hall–Kier alpha value is -1.51. The minimum Gasteiger partial charge on any atom is -0.370 e. The second-order valence-corrected chi connectivity index (χ2v) is 5.27. The number of anilines is 1. The minimum absolute atomic E-state index is 0.0259. The van der Waals surface area contributed by atoms with Crippen molar-refractivity contribution in [2.45, 2.75) is 19.5 Å². The molecule has 1 unspecified atom stereocenters. The van der Waals surface area contributed by atoms with E-state index in [1.54, 1.807) is 0 Å². The zero-order chi connectivity index (χ0) is 13.8. The van der Waals surface area contributed by atoms with Gasteiger partial charge in [0.15, 0.2) is 0 Å². The van der Waals surface area contributed by atoms with Gasteiger partial charge in [-0.25, -0.2) is 0 Å². The summed E-state index contributed by atoms with van der Waals surface area (Å²) in [5.41, 5.74) is 9.53. The molecule has 0 aromatic heterocycles. The Labute approximate surface area is 119 Å². The number of rotatable bonds is 4. The molecule has 0 heterocycles. The Bertz CT molecular complexity index is 552. The van der Waals surface area contributed by atoms with Crippen molar-refractivity contribution < 1.29 is 0 Å². The van der Waals surface area contributed by atoms with Gasteiger partial charge in [-0.2, -0.15) is 0 Å². The zero-order valence-corrected chi connectivity index (χ0v) is 12.1. The Morgan fingerprint density at radius 3 is 2.58 bits per heavy atom. The van der Waals surface area contributed by atoms with Gasteiger partial charge in [0.2, 0.25) is 0 Å². The van der Waals surface area contributed by atoms with Gasteiger partial charge in [0.25, 0.3) is 0 Å². The largest absolute Gasteiger partial charge is 0.370 e. The van der Waals surface area contributed by atoms with E-state index in [1.807, 2.05) is 37.3 Å². The summed E-state index contributed by atoms with van der Waals surface area (Å²) in [7, 11) is 2.07. The maximum atomic E-state index is 6.02. The summed E-state index contributed by atoms with van der Waals surface area (Å²) in [6, 6.07) is 16.2. The molecular weight excluding hydrogens is 256 g/mol. The molecule has 1 atom stereocenters. The summed E-state index contributed by atoms with van der Waals surface area (Å²) in [5, 5.41) is 0.770. The number of halogens is 1. The normalized spacial score (nSPS) is 12.2. The van der Waals surface area contributed by atoms with Crippen LogP contribution in [0.25, 0.3) is 0 Å². The fraction of sp³-hybridized carbons (Fsp3) is 0.250. The number of hydrogen-bond acceptors (Lipinski definition) is 2. The van der Waals surface area contributed by atoms with Gasteiger partial charge in [-0.15, -0.1) is 0 Å². The quantitative estimate of drug-likeness (QED) is 0.913. The van der Waals surface area contributed by atoms with Gasteiger partial charge >= 0.3 is 0 Å². The third kappa shape index (κ3) is 3.49. The molecular formula is C16H19ClN2. The summed E-state index contributed by atoms with van der Waals surface area (Å²) in [4.78, 5) is 2.20. The van der Waals surface area contributed by atoms with Crippen molar-refractivity contribution in [3.8, 4) is 0 Å². The zero-order valence-electron chi connectivity index (χ0n) is 11.3. The highest BCUT2D eigenvalue weighted by Gasteiger charge is 2.10. The number of para-hydroxylation sites is 1. The van der Waals surface area contributed by atoms with Gasteiger partial charge in [0, 0.05) is 30.3 Å². The number of benzene rings is 2. The van der Waals surface area contributed by atoms with Crippen molar-refractivity contribution in [3.05, 3.63) is 64.7 Å². The van der Waals surface area contributed by atoms with Gasteiger partial charge in [-0.3, -0.25) is 0 Å². The van der Waals surface area contributed by atoms with Crippen LogP contribution in [-0.2, 0) is 6.54 Å². The number of nitrogens with two attached hydrogens (primary N) is 1. The van der Waals surface area contributed by atoms with Crippen LogP contribution in [-0.4, -0.2) is 7.05 Å². The Morgan fingerprint density at radius 2 is 1.89 bits per heavy atom. The van der Waals surface area contributed by atoms with Gasteiger partial charge < -0.3 is 10.6 Å². The highest BCUT2D eigenvalue weighted by atomic mass is 35.5. The van der Waals surface area contributed by atoms with Crippen LogP contribution >= 0.6 is 11.6 Å². The molecule has 2 aromatic rings. The molecule has 0 fully saturated rings. The van der Waals surface area contributed by atoms with E-state index in [0.29, 0.717) is 0 Å². The lowest BCUT2D eigenvalue weighted by molar-refractivity contribution is 0.801. The average Bonchev–Trinajstić information content (AvgIpc) is 2.38. The molecule has 0 aliphatic heterocycles. The molecule has 3 heteroatoms. The molecule has 0 bridgehead atoms. The molecule has 0 radical (unpaired) electrons. The minimum atomic E-state index is 0.0259. The lowest BCUT2D eigenvalue weighted by Crippen LogP contribution is -2.20. The van der Waals surface area contributed by atoms with Gasteiger partial charge in [0.05, 0.1) is 0 Å². The molecule has 0 aliphatic rings. The van der Waals surface area contributed by atoms with Crippen molar-refractivity contribution in [1.82, 2.24) is 0 Å². The van der Waals surface area contributed by atoms with E-state index in [9.17, 15) is 0 Å². The summed E-state index contributed by atoms with van der Waals surface area (Å²) < 4.78 is 0. The topological polar surface area (TPSA) is 29.3 Å². The summed E-state index contributed by atoms with van der Waals surface area (Å²) in [6.07, 6.45) is 0. The van der Waals surface area contributed by atoms with Crippen LogP contribution < -0.4 is 10.6 Å². The van der Waals surface area contributed by atoms with Crippen molar-refractivity contribution >= 4 is 17.3 Å². The molecule has 0 saturated heterocycles. The lowest BCUT2D eigenvalue weighted by Gasteiger charge is -2.24. The molecule has 0 amide bonds. The number of hydrogen-bond donors (Lipinski definition) is 1. The fourth-order valence-electron chi connectivity index (χ4n) is 2.21. The van der Waals surface area contributed by atoms with Crippen LogP contribution in [0.2, 0.25) is 5.02 Å². The van der Waals surface area contributed by atoms with Crippen LogP contribution in [0, 0.1) is 0 Å². The van der Waals surface area contributed by atoms with Crippen LogP contribution in [0.3, 0.4) is 0 Å². The first kappa shape index (κ1) is 13.9. The summed E-state index contributed by atoms with van der Waals surface area (Å²) in [6.45, 7) is 2.82. The Balaban J connectivity index is 2.23. The maximum absolute atomic E-state index is 6.02. The number of nitrogens with zero attached hydrogens (tertiary/aromatic N) is 1. The van der Waals surface area contributed by atoms with Gasteiger partial charge in [-0.1, -0.05) is 41.9 Å². The monoisotopic (exact) mass is 274 g/mol. The van der Waals surface area contributed by atoms with Gasteiger partial charge in [0.1, 0.15) is 0 Å². The molecule has 2 N–H and O–H groups in total.